The first-order chi connectivity index (χ1) is 8.07. The summed E-state index contributed by atoms with van der Waals surface area (Å²) in [6.45, 7) is 1.45. The number of halogens is 3. The van der Waals surface area contributed by atoms with E-state index in [0.717, 1.165) is 25.5 Å². The number of pyridine rings is 1. The number of hydrogen-bond donors (Lipinski definition) is 1. The minimum Gasteiger partial charge on any atom is -0.473 e. The van der Waals surface area contributed by atoms with Gasteiger partial charge in [0.05, 0.1) is 0 Å². The van der Waals surface area contributed by atoms with Gasteiger partial charge in [0.25, 0.3) is 0 Å². The van der Waals surface area contributed by atoms with Crippen molar-refractivity contribution in [1.82, 2.24) is 10.3 Å². The molecule has 1 aliphatic heterocycles. The van der Waals surface area contributed by atoms with Crippen LogP contribution < -0.4 is 10.1 Å². The molecule has 0 spiro atoms. The van der Waals surface area contributed by atoms with Gasteiger partial charge in [-0.15, -0.1) is 0 Å². The van der Waals surface area contributed by atoms with Gasteiger partial charge >= 0.3 is 6.18 Å². The first kappa shape index (κ1) is 12.2. The zero-order chi connectivity index (χ0) is 12.3. The van der Waals surface area contributed by atoms with Crippen molar-refractivity contribution in [1.29, 1.82) is 0 Å². The standard InChI is InChI=1S/C11H13F3N2O/c12-11(13,14)9-4-2-6-16-10(9)17-8-3-1-5-15-7-8/h2,4,6,8,15H,1,3,5,7H2. The highest BCUT2D eigenvalue weighted by molar-refractivity contribution is 5.28. The topological polar surface area (TPSA) is 34.1 Å². The molecule has 1 atom stereocenters. The molecule has 0 aromatic carbocycles. The van der Waals surface area contributed by atoms with Gasteiger partial charge in [0.15, 0.2) is 0 Å². The molecule has 0 amide bonds. The van der Waals surface area contributed by atoms with Crippen molar-refractivity contribution < 1.29 is 17.9 Å². The monoisotopic (exact) mass is 246 g/mol. The third-order valence-electron chi connectivity index (χ3n) is 2.61. The van der Waals surface area contributed by atoms with E-state index in [1.165, 1.54) is 12.3 Å². The minimum atomic E-state index is -4.42. The molecule has 3 nitrogen and oxygen atoms in total. The number of nitrogens with zero attached hydrogens (tertiary/aromatic N) is 1. The third-order valence-corrected chi connectivity index (χ3v) is 2.61. The highest BCUT2D eigenvalue weighted by Gasteiger charge is 2.35. The molecule has 1 aromatic heterocycles. The summed E-state index contributed by atoms with van der Waals surface area (Å²) in [5.41, 5.74) is -0.814. The number of piperidine rings is 1. The zero-order valence-corrected chi connectivity index (χ0v) is 9.13. The molecule has 1 unspecified atom stereocenters. The van der Waals surface area contributed by atoms with Crippen molar-refractivity contribution in [3.05, 3.63) is 23.9 Å². The van der Waals surface area contributed by atoms with Crippen LogP contribution >= 0.6 is 0 Å². The number of rotatable bonds is 2. The molecule has 2 heterocycles. The smallest absolute Gasteiger partial charge is 0.421 e. The van der Waals surface area contributed by atoms with E-state index in [2.05, 4.69) is 10.3 Å². The summed E-state index contributed by atoms with van der Waals surface area (Å²) in [5, 5.41) is 3.08. The minimum absolute atomic E-state index is 0.236. The fourth-order valence-electron chi connectivity index (χ4n) is 1.78. The quantitative estimate of drug-likeness (QED) is 0.868. The van der Waals surface area contributed by atoms with Crippen LogP contribution in [0.15, 0.2) is 18.3 Å². The van der Waals surface area contributed by atoms with E-state index in [0.29, 0.717) is 6.54 Å². The summed E-state index contributed by atoms with van der Waals surface area (Å²) in [7, 11) is 0. The van der Waals surface area contributed by atoms with E-state index in [4.69, 9.17) is 4.74 Å². The maximum atomic E-state index is 12.7. The Labute approximate surface area is 97.0 Å². The second-order valence-corrected chi connectivity index (χ2v) is 3.94. The van der Waals surface area contributed by atoms with Crippen LogP contribution in [-0.2, 0) is 6.18 Å². The number of nitrogens with one attached hydrogen (secondary N) is 1. The van der Waals surface area contributed by atoms with Crippen LogP contribution in [-0.4, -0.2) is 24.2 Å². The Morgan fingerprint density at radius 1 is 1.41 bits per heavy atom. The lowest BCUT2D eigenvalue weighted by Crippen LogP contribution is -2.37. The Bertz CT molecular complexity index is 375. The zero-order valence-electron chi connectivity index (χ0n) is 9.13. The van der Waals surface area contributed by atoms with Crippen molar-refractivity contribution in [3.8, 4) is 5.88 Å². The third kappa shape index (κ3) is 3.09. The summed E-state index contributed by atoms with van der Waals surface area (Å²) in [6, 6.07) is 2.24. The van der Waals surface area contributed by atoms with Crippen LogP contribution in [0.1, 0.15) is 18.4 Å². The first-order valence-corrected chi connectivity index (χ1v) is 5.47. The van der Waals surface area contributed by atoms with Gasteiger partial charge < -0.3 is 10.1 Å². The molecule has 17 heavy (non-hydrogen) atoms. The molecule has 1 N–H and O–H groups in total. The summed E-state index contributed by atoms with van der Waals surface area (Å²) in [6.07, 6.45) is -1.70. The molecule has 6 heteroatoms. The molecule has 2 rings (SSSR count). The Balaban J connectivity index is 2.14. The van der Waals surface area contributed by atoms with Crippen LogP contribution in [0.25, 0.3) is 0 Å². The van der Waals surface area contributed by atoms with E-state index < -0.39 is 11.7 Å². The Kier molecular flexibility index (Phi) is 3.51. The van der Waals surface area contributed by atoms with Gasteiger partial charge in [-0.05, 0) is 31.5 Å². The number of aromatic nitrogens is 1. The lowest BCUT2D eigenvalue weighted by atomic mass is 10.1. The molecule has 1 aromatic rings. The molecule has 0 aliphatic carbocycles. The van der Waals surface area contributed by atoms with Crippen molar-refractivity contribution in [2.45, 2.75) is 25.1 Å². The van der Waals surface area contributed by atoms with Crippen LogP contribution in [0, 0.1) is 0 Å². The Morgan fingerprint density at radius 3 is 2.88 bits per heavy atom. The summed E-state index contributed by atoms with van der Waals surface area (Å²) < 4.78 is 43.3. The largest absolute Gasteiger partial charge is 0.473 e. The van der Waals surface area contributed by atoms with Crippen LogP contribution in [0.2, 0.25) is 0 Å². The predicted molar refractivity (Wildman–Crippen MR) is 55.8 cm³/mol. The molecule has 1 saturated heterocycles. The summed E-state index contributed by atoms with van der Waals surface area (Å²) in [4.78, 5) is 3.67. The molecule has 1 aliphatic rings. The molecular formula is C11H13F3N2O. The highest BCUT2D eigenvalue weighted by atomic mass is 19.4. The number of ether oxygens (including phenoxy) is 1. The van der Waals surface area contributed by atoms with Crippen molar-refractivity contribution in [3.63, 3.8) is 0 Å². The lowest BCUT2D eigenvalue weighted by Gasteiger charge is -2.24. The Morgan fingerprint density at radius 2 is 2.24 bits per heavy atom. The number of alkyl halides is 3. The predicted octanol–water partition coefficient (Wildman–Crippen LogP) is 2.23. The summed E-state index contributed by atoms with van der Waals surface area (Å²) >= 11 is 0. The normalized spacial score (nSPS) is 21.2. The van der Waals surface area contributed by atoms with E-state index in [1.807, 2.05) is 0 Å². The fourth-order valence-corrected chi connectivity index (χ4v) is 1.78. The van der Waals surface area contributed by atoms with E-state index >= 15 is 0 Å². The molecule has 0 radical (unpaired) electrons. The first-order valence-electron chi connectivity index (χ1n) is 5.47. The maximum absolute atomic E-state index is 12.7. The van der Waals surface area contributed by atoms with E-state index in [9.17, 15) is 13.2 Å². The van der Waals surface area contributed by atoms with Gasteiger partial charge in [-0.2, -0.15) is 13.2 Å². The van der Waals surface area contributed by atoms with Gasteiger partial charge in [0.2, 0.25) is 5.88 Å². The molecular weight excluding hydrogens is 233 g/mol. The lowest BCUT2D eigenvalue weighted by molar-refractivity contribution is -0.139. The number of hydrogen-bond acceptors (Lipinski definition) is 3. The second-order valence-electron chi connectivity index (χ2n) is 3.94. The van der Waals surface area contributed by atoms with Crippen LogP contribution in [0.3, 0.4) is 0 Å². The van der Waals surface area contributed by atoms with Crippen molar-refractivity contribution in [2.24, 2.45) is 0 Å². The van der Waals surface area contributed by atoms with E-state index in [1.54, 1.807) is 0 Å². The van der Waals surface area contributed by atoms with Crippen molar-refractivity contribution >= 4 is 0 Å². The molecule has 0 bridgehead atoms. The van der Waals surface area contributed by atoms with Gasteiger partial charge in [-0.3, -0.25) is 0 Å². The van der Waals surface area contributed by atoms with Gasteiger partial charge in [0.1, 0.15) is 11.7 Å². The maximum Gasteiger partial charge on any atom is 0.421 e. The van der Waals surface area contributed by atoms with Gasteiger partial charge in [-0.1, -0.05) is 0 Å². The van der Waals surface area contributed by atoms with Gasteiger partial charge in [-0.25, -0.2) is 4.98 Å². The van der Waals surface area contributed by atoms with Crippen LogP contribution in [0.4, 0.5) is 13.2 Å². The average molecular weight is 246 g/mol. The summed E-state index contributed by atoms with van der Waals surface area (Å²) in [5.74, 6) is -0.325. The molecule has 94 valence electrons. The SMILES string of the molecule is FC(F)(F)c1cccnc1OC1CCCNC1. The molecule has 0 saturated carbocycles. The Hall–Kier alpha value is -1.30. The highest BCUT2D eigenvalue weighted by Crippen LogP contribution is 2.35. The average Bonchev–Trinajstić information content (AvgIpc) is 2.30. The van der Waals surface area contributed by atoms with Crippen LogP contribution in [0.5, 0.6) is 5.88 Å². The molecule has 1 fully saturated rings. The van der Waals surface area contributed by atoms with E-state index in [-0.39, 0.29) is 12.0 Å². The second kappa shape index (κ2) is 4.91. The fraction of sp³-hybridized carbons (Fsp3) is 0.545. The van der Waals surface area contributed by atoms with Crippen molar-refractivity contribution in [2.75, 3.05) is 13.1 Å². The van der Waals surface area contributed by atoms with Gasteiger partial charge in [0, 0.05) is 12.7 Å².